The van der Waals surface area contributed by atoms with Crippen LogP contribution < -0.4 is 0 Å². The fourth-order valence-corrected chi connectivity index (χ4v) is 1.86. The van der Waals surface area contributed by atoms with Gasteiger partial charge in [-0.05, 0) is 18.8 Å². The summed E-state index contributed by atoms with van der Waals surface area (Å²) in [6.07, 6.45) is 7.01. The van der Waals surface area contributed by atoms with Gasteiger partial charge in [-0.2, -0.15) is 0 Å². The van der Waals surface area contributed by atoms with Crippen LogP contribution in [0.5, 0.6) is 0 Å². The minimum atomic E-state index is -0.270. The molecule has 1 aliphatic rings. The van der Waals surface area contributed by atoms with Crippen molar-refractivity contribution in [3.8, 4) is 0 Å². The maximum Gasteiger partial charge on any atom is 0.0946 e. The van der Waals surface area contributed by atoms with Gasteiger partial charge in [-0.15, -0.1) is 0 Å². The standard InChI is InChI=1S/C10H16N2O2/c13-10(7-12-4-3-11-8-12)9-1-5-14-6-2-9/h3-4,8-10,13H,1-2,5-7H2. The van der Waals surface area contributed by atoms with Crippen LogP contribution in [0, 0.1) is 5.92 Å². The third-order valence-corrected chi connectivity index (χ3v) is 2.77. The molecule has 14 heavy (non-hydrogen) atoms. The topological polar surface area (TPSA) is 47.3 Å². The largest absolute Gasteiger partial charge is 0.391 e. The van der Waals surface area contributed by atoms with E-state index in [1.807, 2.05) is 10.8 Å². The maximum atomic E-state index is 9.94. The van der Waals surface area contributed by atoms with Crippen LogP contribution in [0.3, 0.4) is 0 Å². The van der Waals surface area contributed by atoms with Gasteiger partial charge in [-0.3, -0.25) is 0 Å². The van der Waals surface area contributed by atoms with Crippen LogP contribution in [0.15, 0.2) is 18.7 Å². The van der Waals surface area contributed by atoms with E-state index in [9.17, 15) is 5.11 Å². The Hall–Kier alpha value is -0.870. The minimum Gasteiger partial charge on any atom is -0.391 e. The smallest absolute Gasteiger partial charge is 0.0946 e. The Kier molecular flexibility index (Phi) is 3.16. The summed E-state index contributed by atoms with van der Waals surface area (Å²) >= 11 is 0. The highest BCUT2D eigenvalue weighted by Gasteiger charge is 2.21. The lowest BCUT2D eigenvalue weighted by Gasteiger charge is -2.26. The number of aromatic nitrogens is 2. The van der Waals surface area contributed by atoms with Crippen molar-refractivity contribution >= 4 is 0 Å². The van der Waals surface area contributed by atoms with E-state index in [-0.39, 0.29) is 6.10 Å². The van der Waals surface area contributed by atoms with Gasteiger partial charge >= 0.3 is 0 Å². The summed E-state index contributed by atoms with van der Waals surface area (Å²) in [5, 5.41) is 9.94. The first kappa shape index (κ1) is 9.68. The number of ether oxygens (including phenoxy) is 1. The molecule has 0 amide bonds. The third-order valence-electron chi connectivity index (χ3n) is 2.77. The molecule has 1 saturated heterocycles. The maximum absolute atomic E-state index is 9.94. The molecule has 4 heteroatoms. The average molecular weight is 196 g/mol. The Balaban J connectivity index is 1.85. The van der Waals surface area contributed by atoms with Gasteiger partial charge in [-0.25, -0.2) is 4.98 Å². The van der Waals surface area contributed by atoms with Crippen molar-refractivity contribution in [3.63, 3.8) is 0 Å². The Morgan fingerprint density at radius 3 is 2.93 bits per heavy atom. The lowest BCUT2D eigenvalue weighted by atomic mass is 9.94. The first-order valence-corrected chi connectivity index (χ1v) is 5.08. The predicted molar refractivity (Wildman–Crippen MR) is 51.8 cm³/mol. The van der Waals surface area contributed by atoms with Crippen molar-refractivity contribution in [1.29, 1.82) is 0 Å². The number of aliphatic hydroxyl groups is 1. The highest BCUT2D eigenvalue weighted by Crippen LogP contribution is 2.19. The van der Waals surface area contributed by atoms with Gasteiger partial charge in [0.05, 0.1) is 12.4 Å². The van der Waals surface area contributed by atoms with Crippen LogP contribution in [0.25, 0.3) is 0 Å². The fourth-order valence-electron chi connectivity index (χ4n) is 1.86. The molecule has 2 rings (SSSR count). The second-order valence-electron chi connectivity index (χ2n) is 3.78. The molecule has 0 aromatic carbocycles. The number of hydrogen-bond acceptors (Lipinski definition) is 3. The monoisotopic (exact) mass is 196 g/mol. The predicted octanol–water partition coefficient (Wildman–Crippen LogP) is 0.671. The van der Waals surface area contributed by atoms with Crippen molar-refractivity contribution in [2.45, 2.75) is 25.5 Å². The molecule has 78 valence electrons. The van der Waals surface area contributed by atoms with E-state index in [2.05, 4.69) is 4.98 Å². The van der Waals surface area contributed by atoms with Crippen molar-refractivity contribution in [1.82, 2.24) is 9.55 Å². The quantitative estimate of drug-likeness (QED) is 0.773. The minimum absolute atomic E-state index is 0.270. The number of imidazole rings is 1. The van der Waals surface area contributed by atoms with E-state index in [1.54, 1.807) is 12.5 Å². The zero-order chi connectivity index (χ0) is 9.80. The summed E-state index contributed by atoms with van der Waals surface area (Å²) < 4.78 is 7.17. The molecule has 1 fully saturated rings. The van der Waals surface area contributed by atoms with Gasteiger partial charge in [0.2, 0.25) is 0 Å². The van der Waals surface area contributed by atoms with E-state index >= 15 is 0 Å². The molecule has 0 aliphatic carbocycles. The van der Waals surface area contributed by atoms with E-state index < -0.39 is 0 Å². The van der Waals surface area contributed by atoms with Crippen LogP contribution in [-0.4, -0.2) is 34.0 Å². The second kappa shape index (κ2) is 4.57. The Morgan fingerprint density at radius 1 is 1.50 bits per heavy atom. The lowest BCUT2D eigenvalue weighted by Crippen LogP contribution is -2.30. The van der Waals surface area contributed by atoms with Crippen LogP contribution in [0.4, 0.5) is 0 Å². The molecule has 0 saturated carbocycles. The van der Waals surface area contributed by atoms with Crippen LogP contribution >= 0.6 is 0 Å². The van der Waals surface area contributed by atoms with Crippen molar-refractivity contribution < 1.29 is 9.84 Å². The first-order chi connectivity index (χ1) is 6.86. The van der Waals surface area contributed by atoms with Gasteiger partial charge < -0.3 is 14.4 Å². The molecule has 0 spiro atoms. The highest BCUT2D eigenvalue weighted by molar-refractivity contribution is 4.78. The molecule has 0 bridgehead atoms. The average Bonchev–Trinajstić information content (AvgIpc) is 2.72. The van der Waals surface area contributed by atoms with Crippen molar-refractivity contribution in [2.24, 2.45) is 5.92 Å². The number of hydrogen-bond donors (Lipinski definition) is 1. The zero-order valence-electron chi connectivity index (χ0n) is 8.17. The molecule has 1 atom stereocenters. The molecular weight excluding hydrogens is 180 g/mol. The SMILES string of the molecule is OC(Cn1ccnc1)C1CCOCC1. The van der Waals surface area contributed by atoms with E-state index in [4.69, 9.17) is 4.74 Å². The van der Waals surface area contributed by atoms with Crippen LogP contribution in [-0.2, 0) is 11.3 Å². The third kappa shape index (κ3) is 2.33. The molecule has 0 radical (unpaired) electrons. The summed E-state index contributed by atoms with van der Waals surface area (Å²) in [6.45, 7) is 2.21. The normalized spacial score (nSPS) is 20.9. The van der Waals surface area contributed by atoms with E-state index in [0.717, 1.165) is 26.1 Å². The number of aliphatic hydroxyl groups excluding tert-OH is 1. The summed E-state index contributed by atoms with van der Waals surface area (Å²) in [5.41, 5.74) is 0. The highest BCUT2D eigenvalue weighted by atomic mass is 16.5. The Labute approximate surface area is 83.5 Å². The molecule has 1 unspecified atom stereocenters. The molecule has 1 aromatic rings. The first-order valence-electron chi connectivity index (χ1n) is 5.08. The van der Waals surface area contributed by atoms with Gasteiger partial charge in [0, 0.05) is 32.2 Å². The molecular formula is C10H16N2O2. The molecule has 4 nitrogen and oxygen atoms in total. The molecule has 2 heterocycles. The van der Waals surface area contributed by atoms with Gasteiger partial charge in [0.1, 0.15) is 0 Å². The zero-order valence-corrected chi connectivity index (χ0v) is 8.17. The Bertz CT molecular complexity index is 255. The van der Waals surface area contributed by atoms with Gasteiger partial charge in [0.25, 0.3) is 0 Å². The van der Waals surface area contributed by atoms with Gasteiger partial charge in [0.15, 0.2) is 0 Å². The lowest BCUT2D eigenvalue weighted by molar-refractivity contribution is 0.00164. The molecule has 1 aromatic heterocycles. The van der Waals surface area contributed by atoms with Crippen LogP contribution in [0.1, 0.15) is 12.8 Å². The number of nitrogens with zero attached hydrogens (tertiary/aromatic N) is 2. The van der Waals surface area contributed by atoms with Gasteiger partial charge in [-0.1, -0.05) is 0 Å². The number of rotatable bonds is 3. The van der Waals surface area contributed by atoms with E-state index in [0.29, 0.717) is 12.5 Å². The molecule has 1 aliphatic heterocycles. The second-order valence-corrected chi connectivity index (χ2v) is 3.78. The Morgan fingerprint density at radius 2 is 2.29 bits per heavy atom. The fraction of sp³-hybridized carbons (Fsp3) is 0.700. The van der Waals surface area contributed by atoms with Crippen molar-refractivity contribution in [2.75, 3.05) is 13.2 Å². The molecule has 1 N–H and O–H groups in total. The summed E-state index contributed by atoms with van der Waals surface area (Å²) in [6, 6.07) is 0. The van der Waals surface area contributed by atoms with Crippen LogP contribution in [0.2, 0.25) is 0 Å². The summed E-state index contributed by atoms with van der Waals surface area (Å²) in [4.78, 5) is 3.95. The van der Waals surface area contributed by atoms with E-state index in [1.165, 1.54) is 0 Å². The van der Waals surface area contributed by atoms with Crippen molar-refractivity contribution in [3.05, 3.63) is 18.7 Å². The summed E-state index contributed by atoms with van der Waals surface area (Å²) in [7, 11) is 0. The summed E-state index contributed by atoms with van der Waals surface area (Å²) in [5.74, 6) is 0.381.